The molecule has 0 aromatic heterocycles. The molecule has 2 aromatic rings. The average Bonchev–Trinajstić information content (AvgIpc) is 2.41. The zero-order valence-corrected chi connectivity index (χ0v) is 11.4. The zero-order valence-electron chi connectivity index (χ0n) is 10.6. The maximum atomic E-state index is 13.3. The maximum Gasteiger partial charge on any atom is 0.338 e. The molecular formula is C13H11FN2O4S. The number of sulfonamides is 1. The van der Waals surface area contributed by atoms with Gasteiger partial charge in [0.2, 0.25) is 0 Å². The van der Waals surface area contributed by atoms with Crippen molar-refractivity contribution in [3.8, 4) is 0 Å². The molecule has 0 bridgehead atoms. The first kappa shape index (κ1) is 14.8. The van der Waals surface area contributed by atoms with Gasteiger partial charge >= 0.3 is 5.97 Å². The van der Waals surface area contributed by atoms with Crippen LogP contribution in [0.1, 0.15) is 10.4 Å². The van der Waals surface area contributed by atoms with E-state index >= 15 is 0 Å². The van der Waals surface area contributed by atoms with E-state index in [1.807, 2.05) is 0 Å². The van der Waals surface area contributed by atoms with Gasteiger partial charge in [0, 0.05) is 0 Å². The molecule has 2 aromatic carbocycles. The molecule has 0 saturated heterocycles. The van der Waals surface area contributed by atoms with Crippen LogP contribution in [0, 0.1) is 5.82 Å². The molecule has 0 radical (unpaired) electrons. The van der Waals surface area contributed by atoms with Gasteiger partial charge in [0.15, 0.2) is 0 Å². The highest BCUT2D eigenvalue weighted by Gasteiger charge is 2.19. The van der Waals surface area contributed by atoms with E-state index in [1.54, 1.807) is 12.1 Å². The molecular weight excluding hydrogens is 299 g/mol. The summed E-state index contributed by atoms with van der Waals surface area (Å²) in [5, 5.41) is 8.81. The van der Waals surface area contributed by atoms with E-state index in [2.05, 4.69) is 4.72 Å². The average molecular weight is 310 g/mol. The lowest BCUT2D eigenvalue weighted by Gasteiger charge is -2.10. The Kier molecular flexibility index (Phi) is 3.81. The third kappa shape index (κ3) is 3.11. The van der Waals surface area contributed by atoms with Gasteiger partial charge in [0.1, 0.15) is 5.82 Å². The lowest BCUT2D eigenvalue weighted by molar-refractivity contribution is 0.0691. The Morgan fingerprint density at radius 1 is 1.19 bits per heavy atom. The van der Waals surface area contributed by atoms with E-state index in [9.17, 15) is 17.6 Å². The number of carboxylic acid groups (broad SMARTS) is 1. The molecule has 0 saturated carbocycles. The van der Waals surface area contributed by atoms with Crippen LogP contribution >= 0.6 is 0 Å². The molecule has 21 heavy (non-hydrogen) atoms. The van der Waals surface area contributed by atoms with Gasteiger partial charge < -0.3 is 10.8 Å². The van der Waals surface area contributed by atoms with Gasteiger partial charge in [-0.1, -0.05) is 12.1 Å². The number of anilines is 2. The summed E-state index contributed by atoms with van der Waals surface area (Å²) >= 11 is 0. The van der Waals surface area contributed by atoms with E-state index in [4.69, 9.17) is 10.8 Å². The molecule has 0 atom stereocenters. The topological polar surface area (TPSA) is 109 Å². The van der Waals surface area contributed by atoms with Gasteiger partial charge in [-0.15, -0.1) is 0 Å². The Morgan fingerprint density at radius 2 is 1.86 bits per heavy atom. The lowest BCUT2D eigenvalue weighted by Crippen LogP contribution is -2.15. The van der Waals surface area contributed by atoms with E-state index in [-0.39, 0.29) is 16.3 Å². The van der Waals surface area contributed by atoms with Crippen molar-refractivity contribution in [3.05, 3.63) is 53.8 Å². The molecule has 0 amide bonds. The van der Waals surface area contributed by atoms with Crippen molar-refractivity contribution in [1.82, 2.24) is 0 Å². The lowest BCUT2D eigenvalue weighted by atomic mass is 10.2. The minimum Gasteiger partial charge on any atom is -0.478 e. The third-order valence-corrected chi connectivity index (χ3v) is 4.05. The molecule has 0 heterocycles. The number of carbonyl (C=O) groups is 1. The van der Waals surface area contributed by atoms with E-state index < -0.39 is 27.4 Å². The summed E-state index contributed by atoms with van der Waals surface area (Å²) in [5.74, 6) is -2.57. The summed E-state index contributed by atoms with van der Waals surface area (Å²) in [6.45, 7) is 0. The third-order valence-electron chi connectivity index (χ3n) is 2.68. The van der Waals surface area contributed by atoms with Crippen LogP contribution in [0.25, 0.3) is 0 Å². The molecule has 4 N–H and O–H groups in total. The molecule has 0 aliphatic heterocycles. The van der Waals surface area contributed by atoms with Crippen molar-refractivity contribution in [3.63, 3.8) is 0 Å². The van der Waals surface area contributed by atoms with Crippen LogP contribution < -0.4 is 10.5 Å². The SMILES string of the molecule is Nc1ccccc1NS(=O)(=O)c1ccc(F)c(C(=O)O)c1. The fourth-order valence-electron chi connectivity index (χ4n) is 1.63. The Morgan fingerprint density at radius 3 is 2.48 bits per heavy atom. The molecule has 0 fully saturated rings. The zero-order chi connectivity index (χ0) is 15.6. The first-order chi connectivity index (χ1) is 9.81. The van der Waals surface area contributed by atoms with Crippen LogP contribution in [-0.2, 0) is 10.0 Å². The van der Waals surface area contributed by atoms with Crippen LogP contribution in [0.4, 0.5) is 15.8 Å². The molecule has 0 spiro atoms. The second kappa shape index (κ2) is 5.41. The fourth-order valence-corrected chi connectivity index (χ4v) is 2.74. The number of hydrogen-bond acceptors (Lipinski definition) is 4. The number of nitrogen functional groups attached to an aromatic ring is 1. The van der Waals surface area contributed by atoms with E-state index in [1.165, 1.54) is 12.1 Å². The number of halogens is 1. The van der Waals surface area contributed by atoms with Gasteiger partial charge in [0.25, 0.3) is 10.0 Å². The van der Waals surface area contributed by atoms with Gasteiger partial charge in [0.05, 0.1) is 21.8 Å². The standard InChI is InChI=1S/C13H11FN2O4S/c14-10-6-5-8(7-9(10)13(17)18)21(19,20)16-12-4-2-1-3-11(12)15/h1-7,16H,15H2,(H,17,18). The van der Waals surface area contributed by atoms with Crippen molar-refractivity contribution >= 4 is 27.4 Å². The van der Waals surface area contributed by atoms with Crippen LogP contribution in [0.2, 0.25) is 0 Å². The molecule has 2 rings (SSSR count). The summed E-state index contributed by atoms with van der Waals surface area (Å²) in [7, 11) is -4.07. The minimum atomic E-state index is -4.07. The minimum absolute atomic E-state index is 0.152. The number of carboxylic acids is 1. The fraction of sp³-hybridized carbons (Fsp3) is 0. The smallest absolute Gasteiger partial charge is 0.338 e. The second-order valence-corrected chi connectivity index (χ2v) is 5.82. The molecule has 8 heteroatoms. The Balaban J connectivity index is 2.43. The summed E-state index contributed by atoms with van der Waals surface area (Å²) in [6, 6.07) is 8.68. The highest BCUT2D eigenvalue weighted by atomic mass is 32.2. The van der Waals surface area contributed by atoms with Crippen molar-refractivity contribution in [2.24, 2.45) is 0 Å². The maximum absolute atomic E-state index is 13.3. The van der Waals surface area contributed by atoms with Crippen molar-refractivity contribution < 1.29 is 22.7 Å². The first-order valence-corrected chi connectivity index (χ1v) is 7.20. The molecule has 0 aliphatic rings. The Bertz CT molecular complexity index is 806. The van der Waals surface area contributed by atoms with Crippen LogP contribution in [-0.4, -0.2) is 19.5 Å². The molecule has 6 nitrogen and oxygen atoms in total. The number of nitrogens with two attached hydrogens (primary N) is 1. The van der Waals surface area contributed by atoms with E-state index in [0.717, 1.165) is 18.2 Å². The summed E-state index contributed by atoms with van der Waals surface area (Å²) < 4.78 is 39.8. The highest BCUT2D eigenvalue weighted by molar-refractivity contribution is 7.92. The summed E-state index contributed by atoms with van der Waals surface area (Å²) in [5.41, 5.74) is 5.27. The van der Waals surface area contributed by atoms with Gasteiger partial charge in [-0.2, -0.15) is 0 Å². The summed E-state index contributed by atoms with van der Waals surface area (Å²) in [6.07, 6.45) is 0. The molecule has 0 unspecified atom stereocenters. The Labute approximate surface area is 120 Å². The van der Waals surface area contributed by atoms with Crippen LogP contribution in [0.3, 0.4) is 0 Å². The van der Waals surface area contributed by atoms with Crippen LogP contribution in [0.15, 0.2) is 47.4 Å². The van der Waals surface area contributed by atoms with Crippen molar-refractivity contribution in [1.29, 1.82) is 0 Å². The quantitative estimate of drug-likeness (QED) is 0.747. The number of hydrogen-bond donors (Lipinski definition) is 3. The second-order valence-electron chi connectivity index (χ2n) is 4.14. The number of aromatic carboxylic acids is 1. The predicted octanol–water partition coefficient (Wildman–Crippen LogP) is 1.91. The van der Waals surface area contributed by atoms with Crippen LogP contribution in [0.5, 0.6) is 0 Å². The Hall–Kier alpha value is -2.61. The predicted molar refractivity (Wildman–Crippen MR) is 75.0 cm³/mol. The highest BCUT2D eigenvalue weighted by Crippen LogP contribution is 2.22. The van der Waals surface area contributed by atoms with E-state index in [0.29, 0.717) is 0 Å². The van der Waals surface area contributed by atoms with Gasteiger partial charge in [-0.3, -0.25) is 4.72 Å². The molecule has 0 aliphatic carbocycles. The number of nitrogens with one attached hydrogen (secondary N) is 1. The monoisotopic (exact) mass is 310 g/mol. The first-order valence-electron chi connectivity index (χ1n) is 5.71. The normalized spacial score (nSPS) is 11.1. The van der Waals surface area contributed by atoms with Gasteiger partial charge in [-0.25, -0.2) is 17.6 Å². The number of para-hydroxylation sites is 2. The largest absolute Gasteiger partial charge is 0.478 e. The summed E-state index contributed by atoms with van der Waals surface area (Å²) in [4.78, 5) is 10.5. The van der Waals surface area contributed by atoms with Crippen molar-refractivity contribution in [2.75, 3.05) is 10.5 Å². The number of benzene rings is 2. The molecule has 110 valence electrons. The van der Waals surface area contributed by atoms with Gasteiger partial charge in [-0.05, 0) is 30.3 Å². The number of rotatable bonds is 4. The van der Waals surface area contributed by atoms with Crippen molar-refractivity contribution in [2.45, 2.75) is 4.90 Å².